The quantitative estimate of drug-likeness (QED) is 0.641. The van der Waals surface area contributed by atoms with Crippen molar-refractivity contribution in [2.45, 2.75) is 90.1 Å². The van der Waals surface area contributed by atoms with E-state index >= 15 is 0 Å². The average molecular weight is 421 g/mol. The topological polar surface area (TPSA) is 93.1 Å². The van der Waals surface area contributed by atoms with E-state index in [-0.39, 0.29) is 48.1 Å². The number of aliphatic hydroxyl groups is 2. The molecule has 3 rings (SSSR count). The summed E-state index contributed by atoms with van der Waals surface area (Å²) in [6.07, 6.45) is 7.86. The van der Waals surface area contributed by atoms with Gasteiger partial charge in [0.15, 0.2) is 0 Å². The Morgan fingerprint density at radius 3 is 2.80 bits per heavy atom. The van der Waals surface area contributed by atoms with Gasteiger partial charge in [-0.3, -0.25) is 9.59 Å². The fourth-order valence-corrected chi connectivity index (χ4v) is 5.08. The Hall–Kier alpha value is -1.66. The largest absolute Gasteiger partial charge is 0.462 e. The molecule has 6 nitrogen and oxygen atoms in total. The lowest BCUT2D eigenvalue weighted by Gasteiger charge is -2.45. The maximum atomic E-state index is 12.6. The van der Waals surface area contributed by atoms with Crippen LogP contribution in [-0.4, -0.2) is 46.1 Å². The molecule has 0 amide bonds. The summed E-state index contributed by atoms with van der Waals surface area (Å²) in [6.45, 7) is 7.73. The summed E-state index contributed by atoms with van der Waals surface area (Å²) in [7, 11) is 0. The van der Waals surface area contributed by atoms with E-state index < -0.39 is 17.8 Å². The first-order chi connectivity index (χ1) is 14.1. The first kappa shape index (κ1) is 23.0. The summed E-state index contributed by atoms with van der Waals surface area (Å²) in [5.74, 6) is -0.270. The normalized spacial score (nSPS) is 39.5. The van der Waals surface area contributed by atoms with Crippen LogP contribution in [-0.2, 0) is 19.1 Å². The molecule has 1 heterocycles. The molecule has 8 atom stereocenters. The van der Waals surface area contributed by atoms with Gasteiger partial charge in [-0.05, 0) is 49.7 Å². The second kappa shape index (κ2) is 9.23. The van der Waals surface area contributed by atoms with Crippen molar-refractivity contribution in [1.29, 1.82) is 0 Å². The number of esters is 2. The van der Waals surface area contributed by atoms with E-state index in [1.165, 1.54) is 0 Å². The molecule has 6 heteroatoms. The van der Waals surface area contributed by atoms with Gasteiger partial charge in [-0.15, -0.1) is 0 Å². The maximum Gasteiger partial charge on any atom is 0.308 e. The monoisotopic (exact) mass is 420 g/mol. The Balaban J connectivity index is 1.79. The van der Waals surface area contributed by atoms with Gasteiger partial charge in [-0.2, -0.15) is 0 Å². The van der Waals surface area contributed by atoms with Crippen molar-refractivity contribution in [3.05, 3.63) is 23.8 Å². The van der Waals surface area contributed by atoms with Crippen LogP contribution in [0.4, 0.5) is 0 Å². The van der Waals surface area contributed by atoms with Crippen LogP contribution in [0.15, 0.2) is 23.8 Å². The molecular weight excluding hydrogens is 384 g/mol. The van der Waals surface area contributed by atoms with E-state index in [2.05, 4.69) is 13.0 Å². The summed E-state index contributed by atoms with van der Waals surface area (Å²) in [5.41, 5.74) is -0.0120. The number of rotatable bonds is 6. The van der Waals surface area contributed by atoms with Crippen molar-refractivity contribution in [3.8, 4) is 0 Å². The number of aliphatic hydroxyl groups excluding tert-OH is 1. The lowest BCUT2D eigenvalue weighted by Crippen LogP contribution is -2.46. The molecule has 1 saturated heterocycles. The van der Waals surface area contributed by atoms with Gasteiger partial charge in [-0.1, -0.05) is 32.9 Å². The summed E-state index contributed by atoms with van der Waals surface area (Å²) in [5, 5.41) is 20.6. The van der Waals surface area contributed by atoms with E-state index in [1.807, 2.05) is 26.0 Å². The Kier molecular flexibility index (Phi) is 7.08. The van der Waals surface area contributed by atoms with E-state index in [0.29, 0.717) is 25.7 Å². The van der Waals surface area contributed by atoms with Gasteiger partial charge < -0.3 is 19.7 Å². The van der Waals surface area contributed by atoms with Crippen LogP contribution in [0.25, 0.3) is 0 Å². The summed E-state index contributed by atoms with van der Waals surface area (Å²) in [6, 6.07) is 0. The number of hydrogen-bond donors (Lipinski definition) is 2. The number of carbonyl (C=O) groups is 2. The molecule has 1 aliphatic heterocycles. The Morgan fingerprint density at radius 2 is 2.13 bits per heavy atom. The van der Waals surface area contributed by atoms with Crippen molar-refractivity contribution >= 4 is 11.9 Å². The molecule has 30 heavy (non-hydrogen) atoms. The fourth-order valence-electron chi connectivity index (χ4n) is 5.08. The lowest BCUT2D eigenvalue weighted by atomic mass is 9.64. The molecule has 0 unspecified atom stereocenters. The van der Waals surface area contributed by atoms with Crippen LogP contribution in [0.1, 0.15) is 66.2 Å². The zero-order valence-corrected chi connectivity index (χ0v) is 18.5. The highest BCUT2D eigenvalue weighted by molar-refractivity contribution is 5.72. The van der Waals surface area contributed by atoms with Crippen molar-refractivity contribution in [2.75, 3.05) is 0 Å². The summed E-state index contributed by atoms with van der Waals surface area (Å²) in [4.78, 5) is 24.2. The van der Waals surface area contributed by atoms with E-state index in [0.717, 1.165) is 12.0 Å². The second-order valence-corrected chi connectivity index (χ2v) is 9.68. The molecule has 1 fully saturated rings. The van der Waals surface area contributed by atoms with Gasteiger partial charge in [0.2, 0.25) is 0 Å². The molecule has 2 aliphatic carbocycles. The van der Waals surface area contributed by atoms with E-state index in [9.17, 15) is 19.8 Å². The van der Waals surface area contributed by atoms with Gasteiger partial charge in [-0.25, -0.2) is 0 Å². The van der Waals surface area contributed by atoms with Crippen LogP contribution in [0.5, 0.6) is 0 Å². The highest BCUT2D eigenvalue weighted by Gasteiger charge is 2.45. The smallest absolute Gasteiger partial charge is 0.308 e. The summed E-state index contributed by atoms with van der Waals surface area (Å²) < 4.78 is 11.4. The SMILES string of the molecule is CC[C@H](C)C(=O)O[C@H]1C[C@@](C)(O)C=C2C=C[C@H](C)[C@H](CC[C@@H]3C[C@@H](O)CC(=O)O3)[C@H]21. The number of allylic oxidation sites excluding steroid dienone is 2. The molecular formula is C24H36O6. The third-order valence-corrected chi connectivity index (χ3v) is 6.95. The molecule has 0 spiro atoms. The zero-order chi connectivity index (χ0) is 22.1. The van der Waals surface area contributed by atoms with Crippen LogP contribution in [0.2, 0.25) is 0 Å². The van der Waals surface area contributed by atoms with Gasteiger partial charge in [0.05, 0.1) is 24.0 Å². The molecule has 0 aromatic heterocycles. The number of cyclic esters (lactones) is 1. The third kappa shape index (κ3) is 5.33. The van der Waals surface area contributed by atoms with Gasteiger partial charge >= 0.3 is 11.9 Å². The van der Waals surface area contributed by atoms with Crippen molar-refractivity contribution in [2.24, 2.45) is 23.7 Å². The predicted octanol–water partition coefficient (Wildman–Crippen LogP) is 3.31. The predicted molar refractivity (Wildman–Crippen MR) is 112 cm³/mol. The van der Waals surface area contributed by atoms with E-state index in [1.54, 1.807) is 6.92 Å². The first-order valence-corrected chi connectivity index (χ1v) is 11.3. The van der Waals surface area contributed by atoms with Gasteiger partial charge in [0.1, 0.15) is 12.2 Å². The Morgan fingerprint density at radius 1 is 1.40 bits per heavy atom. The number of ether oxygens (including phenoxy) is 2. The van der Waals surface area contributed by atoms with Crippen LogP contribution in [0.3, 0.4) is 0 Å². The first-order valence-electron chi connectivity index (χ1n) is 11.3. The minimum Gasteiger partial charge on any atom is -0.462 e. The zero-order valence-electron chi connectivity index (χ0n) is 18.5. The minimum atomic E-state index is -1.02. The van der Waals surface area contributed by atoms with Crippen molar-refractivity contribution in [3.63, 3.8) is 0 Å². The molecule has 0 bridgehead atoms. The Bertz CT molecular complexity index is 708. The second-order valence-electron chi connectivity index (χ2n) is 9.68. The van der Waals surface area contributed by atoms with Crippen LogP contribution < -0.4 is 0 Å². The minimum absolute atomic E-state index is 0.00227. The van der Waals surface area contributed by atoms with Gasteiger partial charge in [0.25, 0.3) is 0 Å². The molecule has 0 aromatic carbocycles. The number of carbonyl (C=O) groups excluding carboxylic acids is 2. The molecule has 168 valence electrons. The highest BCUT2D eigenvalue weighted by Crippen LogP contribution is 2.46. The molecule has 0 radical (unpaired) electrons. The van der Waals surface area contributed by atoms with Crippen LogP contribution in [0, 0.1) is 23.7 Å². The maximum absolute atomic E-state index is 12.6. The van der Waals surface area contributed by atoms with Crippen molar-refractivity contribution in [1.82, 2.24) is 0 Å². The van der Waals surface area contributed by atoms with E-state index in [4.69, 9.17) is 9.47 Å². The molecule has 2 N–H and O–H groups in total. The number of hydrogen-bond acceptors (Lipinski definition) is 6. The molecule has 0 aromatic rings. The highest BCUT2D eigenvalue weighted by atomic mass is 16.6. The fraction of sp³-hybridized carbons (Fsp3) is 0.750. The number of fused-ring (bicyclic) bond motifs is 1. The molecule has 0 saturated carbocycles. The Labute approximate surface area is 179 Å². The third-order valence-electron chi connectivity index (χ3n) is 6.95. The van der Waals surface area contributed by atoms with Crippen LogP contribution >= 0.6 is 0 Å². The standard InChI is InChI=1S/C24H36O6/c1-5-14(2)23(27)30-20-13-24(4,28)12-16-7-6-15(3)19(22(16)20)9-8-18-10-17(25)11-21(26)29-18/h6-7,12,14-15,17-20,22,25,28H,5,8-11,13H2,1-4H3/t14-,15-,17+,18+,19-,20-,22-,24-/m0/s1. The average Bonchev–Trinajstić information content (AvgIpc) is 2.65. The van der Waals surface area contributed by atoms with Gasteiger partial charge in [0, 0.05) is 18.8 Å². The lowest BCUT2D eigenvalue weighted by molar-refractivity contribution is -0.163. The van der Waals surface area contributed by atoms with Crippen molar-refractivity contribution < 1.29 is 29.3 Å². The molecule has 3 aliphatic rings. The summed E-state index contributed by atoms with van der Waals surface area (Å²) >= 11 is 0.